The maximum Gasteiger partial charge on any atom is 0.217 e. The van der Waals surface area contributed by atoms with E-state index in [4.69, 9.17) is 9.72 Å². The topological polar surface area (TPSA) is 45.6 Å². The average molecular weight is 596 g/mol. The summed E-state index contributed by atoms with van der Waals surface area (Å²) in [4.78, 5) is 7.07. The molecule has 0 bridgehead atoms. The van der Waals surface area contributed by atoms with Crippen molar-refractivity contribution in [2.45, 2.75) is 36.7 Å². The fourth-order valence-electron chi connectivity index (χ4n) is 6.15. The van der Waals surface area contributed by atoms with Gasteiger partial charge >= 0.3 is 0 Å². The van der Waals surface area contributed by atoms with Crippen LogP contribution < -0.4 is 4.74 Å². The molecular weight excluding hydrogens is 560 g/mol. The molecule has 0 aliphatic heterocycles. The normalized spacial score (nSPS) is 15.8. The molecule has 5 heteroatoms. The SMILES string of the molecule is COc1nc2ccc(Br)cc2cc1C(c1ccccc1)C(O)(CCN(C)C)c1ccc(C2CC2)c2ccccc12. The summed E-state index contributed by atoms with van der Waals surface area (Å²) in [5.74, 6) is 0.725. The third-order valence-electron chi connectivity index (χ3n) is 8.27. The minimum Gasteiger partial charge on any atom is -0.481 e. The van der Waals surface area contributed by atoms with Crippen LogP contribution in [0.1, 0.15) is 53.4 Å². The van der Waals surface area contributed by atoms with Gasteiger partial charge in [0, 0.05) is 27.9 Å². The number of aromatic nitrogens is 1. The molecule has 4 nitrogen and oxygen atoms in total. The largest absolute Gasteiger partial charge is 0.481 e. The van der Waals surface area contributed by atoms with E-state index in [2.05, 4.69) is 95.6 Å². The Kier molecular flexibility index (Phi) is 7.39. The predicted octanol–water partition coefficient (Wildman–Crippen LogP) is 8.01. The zero-order chi connectivity index (χ0) is 27.9. The number of rotatable bonds is 9. The number of hydrogen-bond donors (Lipinski definition) is 1. The predicted molar refractivity (Wildman–Crippen MR) is 167 cm³/mol. The maximum absolute atomic E-state index is 13.3. The summed E-state index contributed by atoms with van der Waals surface area (Å²) in [6.45, 7) is 0.716. The highest BCUT2D eigenvalue weighted by atomic mass is 79.9. The van der Waals surface area contributed by atoms with Crippen molar-refractivity contribution in [3.05, 3.63) is 118 Å². The molecule has 1 aliphatic carbocycles. The van der Waals surface area contributed by atoms with E-state index in [-0.39, 0.29) is 0 Å². The van der Waals surface area contributed by atoms with Crippen LogP contribution in [0, 0.1) is 0 Å². The molecule has 4 aromatic carbocycles. The van der Waals surface area contributed by atoms with Crippen LogP contribution in [-0.2, 0) is 5.60 Å². The molecule has 2 unspecified atom stereocenters. The Balaban J connectivity index is 1.65. The third kappa shape index (κ3) is 5.03. The van der Waals surface area contributed by atoms with Gasteiger partial charge in [-0.3, -0.25) is 0 Å². The van der Waals surface area contributed by atoms with Crippen LogP contribution in [0.4, 0.5) is 0 Å². The molecule has 40 heavy (non-hydrogen) atoms. The fourth-order valence-corrected chi connectivity index (χ4v) is 6.53. The van der Waals surface area contributed by atoms with Crippen molar-refractivity contribution < 1.29 is 9.84 Å². The number of hydrogen-bond acceptors (Lipinski definition) is 4. The highest BCUT2D eigenvalue weighted by molar-refractivity contribution is 9.10. The molecule has 1 aromatic heterocycles. The second-order valence-electron chi connectivity index (χ2n) is 11.3. The highest BCUT2D eigenvalue weighted by Gasteiger charge is 2.43. The number of methoxy groups -OCH3 is 1. The van der Waals surface area contributed by atoms with Crippen LogP contribution in [0.2, 0.25) is 0 Å². The summed E-state index contributed by atoms with van der Waals surface area (Å²) in [5.41, 5.74) is 3.83. The first kappa shape index (κ1) is 26.9. The van der Waals surface area contributed by atoms with Crippen molar-refractivity contribution in [1.29, 1.82) is 0 Å². The lowest BCUT2D eigenvalue weighted by molar-refractivity contribution is 0.00519. The Hall–Kier alpha value is -3.25. The number of pyridine rings is 1. The molecule has 1 fully saturated rings. The Morgan fingerprint density at radius 3 is 2.38 bits per heavy atom. The van der Waals surface area contributed by atoms with Crippen molar-refractivity contribution in [2.75, 3.05) is 27.7 Å². The van der Waals surface area contributed by atoms with Crippen molar-refractivity contribution in [3.8, 4) is 5.88 Å². The standard InChI is InChI=1S/C35H35BrN2O2/c1-38(2)20-19-35(39,31-17-16-27(23-13-14-23)28-11-7-8-12-29(28)31)33(24-9-5-4-6-10-24)30-22-25-21-26(36)15-18-32(25)37-34(30)40-3/h4-12,15-18,21-23,33,39H,13-14,19-20H2,1-3H3. The molecule has 1 N–H and O–H groups in total. The van der Waals surface area contributed by atoms with E-state index in [1.807, 2.05) is 30.3 Å². The molecular formula is C35H35BrN2O2. The number of halogens is 1. The maximum atomic E-state index is 13.3. The van der Waals surface area contributed by atoms with Crippen molar-refractivity contribution in [3.63, 3.8) is 0 Å². The minimum atomic E-state index is -1.25. The Labute approximate surface area is 244 Å². The second-order valence-corrected chi connectivity index (χ2v) is 12.2. The first-order chi connectivity index (χ1) is 19.4. The van der Waals surface area contributed by atoms with Crippen LogP contribution in [-0.4, -0.2) is 42.7 Å². The Morgan fingerprint density at radius 1 is 0.950 bits per heavy atom. The van der Waals surface area contributed by atoms with Crippen LogP contribution in [0.25, 0.3) is 21.7 Å². The number of nitrogens with zero attached hydrogens (tertiary/aromatic N) is 2. The molecule has 0 radical (unpaired) electrons. The number of ether oxygens (including phenoxy) is 1. The third-order valence-corrected chi connectivity index (χ3v) is 8.76. The quantitative estimate of drug-likeness (QED) is 0.188. The lowest BCUT2D eigenvalue weighted by atomic mass is 9.70. The van der Waals surface area contributed by atoms with E-state index in [1.165, 1.54) is 23.8 Å². The lowest BCUT2D eigenvalue weighted by Gasteiger charge is -2.39. The van der Waals surface area contributed by atoms with Crippen LogP contribution in [0.3, 0.4) is 0 Å². The molecule has 6 rings (SSSR count). The van der Waals surface area contributed by atoms with Gasteiger partial charge in [-0.05, 0) is 91.0 Å². The molecule has 5 aromatic rings. The summed E-state index contributed by atoms with van der Waals surface area (Å²) in [5, 5.41) is 16.6. The van der Waals surface area contributed by atoms with Gasteiger partial charge < -0.3 is 14.7 Å². The Morgan fingerprint density at radius 2 is 1.68 bits per heavy atom. The summed E-state index contributed by atoms with van der Waals surface area (Å²) >= 11 is 3.63. The minimum absolute atomic E-state index is 0.422. The van der Waals surface area contributed by atoms with Crippen molar-refractivity contribution in [2.24, 2.45) is 0 Å². The molecule has 0 amide bonds. The zero-order valence-electron chi connectivity index (χ0n) is 23.3. The van der Waals surface area contributed by atoms with E-state index < -0.39 is 11.5 Å². The van der Waals surface area contributed by atoms with Gasteiger partial charge in [-0.25, -0.2) is 4.98 Å². The molecule has 1 aliphatic rings. The first-order valence-corrected chi connectivity index (χ1v) is 14.8. The lowest BCUT2D eigenvalue weighted by Crippen LogP contribution is -2.38. The number of benzene rings is 4. The van der Waals surface area contributed by atoms with Gasteiger partial charge in [0.25, 0.3) is 0 Å². The summed E-state index contributed by atoms with van der Waals surface area (Å²) in [6, 6.07) is 31.5. The molecule has 0 saturated heterocycles. The van der Waals surface area contributed by atoms with Crippen LogP contribution in [0.15, 0.2) is 95.5 Å². The first-order valence-electron chi connectivity index (χ1n) is 14.0. The smallest absolute Gasteiger partial charge is 0.217 e. The molecule has 0 spiro atoms. The monoisotopic (exact) mass is 594 g/mol. The van der Waals surface area contributed by atoms with Gasteiger partial charge in [0.2, 0.25) is 5.88 Å². The highest BCUT2D eigenvalue weighted by Crippen LogP contribution is 2.51. The molecule has 1 heterocycles. The van der Waals surface area contributed by atoms with Gasteiger partial charge in [0.15, 0.2) is 0 Å². The van der Waals surface area contributed by atoms with Crippen molar-refractivity contribution >= 4 is 37.6 Å². The summed E-state index contributed by atoms with van der Waals surface area (Å²) in [7, 11) is 5.78. The van der Waals surface area contributed by atoms with E-state index in [1.54, 1.807) is 7.11 Å². The molecule has 2 atom stereocenters. The van der Waals surface area contributed by atoms with Gasteiger partial charge in [-0.15, -0.1) is 0 Å². The summed E-state index contributed by atoms with van der Waals surface area (Å²) in [6.07, 6.45) is 3.00. The fraction of sp³-hybridized carbons (Fsp3) is 0.286. The van der Waals surface area contributed by atoms with Crippen LogP contribution >= 0.6 is 15.9 Å². The summed E-state index contributed by atoms with van der Waals surface area (Å²) < 4.78 is 6.93. The van der Waals surface area contributed by atoms with E-state index >= 15 is 0 Å². The van der Waals surface area contributed by atoms with Gasteiger partial charge in [0.1, 0.15) is 5.60 Å². The number of fused-ring (bicyclic) bond motifs is 2. The number of aliphatic hydroxyl groups is 1. The van der Waals surface area contributed by atoms with Gasteiger partial charge in [0.05, 0.1) is 12.6 Å². The van der Waals surface area contributed by atoms with E-state index in [9.17, 15) is 5.11 Å². The van der Waals surface area contributed by atoms with Crippen LogP contribution in [0.5, 0.6) is 5.88 Å². The van der Waals surface area contributed by atoms with E-state index in [0.717, 1.165) is 37.5 Å². The molecule has 204 valence electrons. The van der Waals surface area contributed by atoms with Gasteiger partial charge in [-0.2, -0.15) is 0 Å². The average Bonchev–Trinajstić information content (AvgIpc) is 3.81. The zero-order valence-corrected chi connectivity index (χ0v) is 24.9. The van der Waals surface area contributed by atoms with E-state index in [0.29, 0.717) is 24.8 Å². The Bertz CT molecular complexity index is 1670. The van der Waals surface area contributed by atoms with Crippen molar-refractivity contribution in [1.82, 2.24) is 9.88 Å². The molecule has 1 saturated carbocycles. The van der Waals surface area contributed by atoms with Gasteiger partial charge in [-0.1, -0.05) is 82.7 Å². The second kappa shape index (κ2) is 11.0.